The van der Waals surface area contributed by atoms with Gasteiger partial charge in [0.25, 0.3) is 0 Å². The first-order valence-electron chi connectivity index (χ1n) is 10.7. The second-order valence-electron chi connectivity index (χ2n) is 8.66. The first-order valence-corrected chi connectivity index (χ1v) is 10.7. The second kappa shape index (κ2) is 7.69. The number of nitrogens with zero attached hydrogens (tertiary/aromatic N) is 3. The Bertz CT molecular complexity index is 809. The van der Waals surface area contributed by atoms with E-state index in [1.807, 2.05) is 0 Å². The van der Waals surface area contributed by atoms with Gasteiger partial charge in [0.05, 0.1) is 5.54 Å². The quantitative estimate of drug-likeness (QED) is 0.889. The number of hydrogen-bond donors (Lipinski definition) is 1. The van der Waals surface area contributed by atoms with Gasteiger partial charge in [-0.15, -0.1) is 0 Å². The van der Waals surface area contributed by atoms with Crippen molar-refractivity contribution in [1.82, 2.24) is 15.2 Å². The van der Waals surface area contributed by atoms with Crippen LogP contribution >= 0.6 is 0 Å². The fourth-order valence-electron chi connectivity index (χ4n) is 5.19. The van der Waals surface area contributed by atoms with E-state index >= 15 is 0 Å². The number of rotatable bonds is 4. The lowest BCUT2D eigenvalue weighted by atomic mass is 9.73. The van der Waals surface area contributed by atoms with E-state index in [0.29, 0.717) is 5.92 Å². The molecular formula is C24H30N4. The Morgan fingerprint density at radius 1 is 0.821 bits per heavy atom. The molecule has 28 heavy (non-hydrogen) atoms. The minimum atomic E-state index is 0.178. The second-order valence-corrected chi connectivity index (χ2v) is 8.66. The van der Waals surface area contributed by atoms with E-state index in [1.54, 1.807) is 0 Å². The molecule has 2 aromatic rings. The number of likely N-dealkylation sites (tertiary alicyclic amines) is 2. The van der Waals surface area contributed by atoms with Gasteiger partial charge in [-0.3, -0.25) is 9.80 Å². The summed E-state index contributed by atoms with van der Waals surface area (Å²) >= 11 is 0. The summed E-state index contributed by atoms with van der Waals surface area (Å²) in [4.78, 5) is 5.23. The lowest BCUT2D eigenvalue weighted by molar-refractivity contribution is 0.0921. The summed E-state index contributed by atoms with van der Waals surface area (Å²) in [5, 5.41) is 4.81. The molecule has 3 aliphatic heterocycles. The Morgan fingerprint density at radius 3 is 2.07 bits per heavy atom. The Labute approximate surface area is 168 Å². The smallest absolute Gasteiger partial charge is 0.0666 e. The molecule has 1 atom stereocenters. The molecule has 4 nitrogen and oxygen atoms in total. The molecule has 2 fully saturated rings. The van der Waals surface area contributed by atoms with E-state index in [4.69, 9.17) is 5.10 Å². The van der Waals surface area contributed by atoms with Crippen molar-refractivity contribution in [2.45, 2.75) is 37.9 Å². The lowest BCUT2D eigenvalue weighted by Gasteiger charge is -2.45. The van der Waals surface area contributed by atoms with Gasteiger partial charge in [0.1, 0.15) is 0 Å². The Balaban J connectivity index is 1.22. The fourth-order valence-corrected chi connectivity index (χ4v) is 5.19. The molecule has 0 aliphatic carbocycles. The van der Waals surface area contributed by atoms with Crippen LogP contribution in [0.5, 0.6) is 0 Å². The summed E-state index contributed by atoms with van der Waals surface area (Å²) in [5.41, 5.74) is 8.05. The molecule has 0 amide bonds. The molecule has 1 spiro atoms. The summed E-state index contributed by atoms with van der Waals surface area (Å²) in [7, 11) is 0. The van der Waals surface area contributed by atoms with E-state index < -0.39 is 0 Å². The largest absolute Gasteiger partial charge is 0.303 e. The maximum atomic E-state index is 4.81. The molecule has 1 N–H and O–H groups in total. The van der Waals surface area contributed by atoms with Crippen molar-refractivity contribution in [3.8, 4) is 0 Å². The predicted octanol–water partition coefficient (Wildman–Crippen LogP) is 3.50. The summed E-state index contributed by atoms with van der Waals surface area (Å²) < 4.78 is 0. The van der Waals surface area contributed by atoms with Crippen LogP contribution < -0.4 is 5.43 Å². The van der Waals surface area contributed by atoms with E-state index in [0.717, 1.165) is 45.7 Å². The minimum Gasteiger partial charge on any atom is -0.303 e. The zero-order valence-corrected chi connectivity index (χ0v) is 16.6. The molecule has 2 saturated heterocycles. The van der Waals surface area contributed by atoms with Crippen molar-refractivity contribution in [3.63, 3.8) is 0 Å². The van der Waals surface area contributed by atoms with Crippen LogP contribution in [0, 0.1) is 5.92 Å². The van der Waals surface area contributed by atoms with Crippen LogP contribution in [0.4, 0.5) is 0 Å². The highest BCUT2D eigenvalue weighted by molar-refractivity contribution is 5.90. The van der Waals surface area contributed by atoms with Gasteiger partial charge in [0.2, 0.25) is 0 Å². The van der Waals surface area contributed by atoms with E-state index in [-0.39, 0.29) is 5.54 Å². The molecule has 5 rings (SSSR count). The van der Waals surface area contributed by atoms with Crippen LogP contribution in [0.25, 0.3) is 0 Å². The molecule has 2 aromatic carbocycles. The summed E-state index contributed by atoms with van der Waals surface area (Å²) in [6, 6.07) is 21.7. The number of benzene rings is 2. The Morgan fingerprint density at radius 2 is 1.43 bits per heavy atom. The van der Waals surface area contributed by atoms with Crippen molar-refractivity contribution in [3.05, 3.63) is 71.8 Å². The van der Waals surface area contributed by atoms with Crippen LogP contribution in [0.15, 0.2) is 65.8 Å². The highest BCUT2D eigenvalue weighted by atomic mass is 15.4. The van der Waals surface area contributed by atoms with Gasteiger partial charge in [-0.1, -0.05) is 60.7 Å². The third-order valence-corrected chi connectivity index (χ3v) is 6.86. The fraction of sp³-hybridized carbons (Fsp3) is 0.458. The number of hydrazone groups is 1. The predicted molar refractivity (Wildman–Crippen MR) is 114 cm³/mol. The lowest BCUT2D eigenvalue weighted by Crippen LogP contribution is -2.58. The third kappa shape index (κ3) is 3.59. The van der Waals surface area contributed by atoms with Crippen LogP contribution in [-0.2, 0) is 13.1 Å². The zero-order chi connectivity index (χ0) is 18.8. The van der Waals surface area contributed by atoms with Gasteiger partial charge in [-0.2, -0.15) is 5.10 Å². The monoisotopic (exact) mass is 374 g/mol. The molecule has 3 heterocycles. The Hall–Kier alpha value is -2.17. The van der Waals surface area contributed by atoms with Gasteiger partial charge >= 0.3 is 0 Å². The molecule has 0 unspecified atom stereocenters. The van der Waals surface area contributed by atoms with E-state index in [9.17, 15) is 0 Å². The third-order valence-electron chi connectivity index (χ3n) is 6.86. The normalized spacial score (nSPS) is 24.6. The minimum absolute atomic E-state index is 0.178. The van der Waals surface area contributed by atoms with E-state index in [2.05, 4.69) is 75.9 Å². The SMILES string of the molecule is c1ccc(CN2CCC3(CC2)NN=C2CCN(Cc4ccccc4)C[C@@H]23)cc1. The summed E-state index contributed by atoms with van der Waals surface area (Å²) in [5.74, 6) is 0.573. The van der Waals surface area contributed by atoms with Gasteiger partial charge in [-0.05, 0) is 24.0 Å². The summed E-state index contributed by atoms with van der Waals surface area (Å²) in [6.07, 6.45) is 3.49. The van der Waals surface area contributed by atoms with Gasteiger partial charge < -0.3 is 5.43 Å². The average molecular weight is 375 g/mol. The van der Waals surface area contributed by atoms with Crippen LogP contribution in [-0.4, -0.2) is 47.2 Å². The van der Waals surface area contributed by atoms with Crippen LogP contribution in [0.1, 0.15) is 30.4 Å². The molecule has 0 aromatic heterocycles. The highest BCUT2D eigenvalue weighted by Gasteiger charge is 2.49. The topological polar surface area (TPSA) is 30.9 Å². The number of fused-ring (bicyclic) bond motifs is 2. The van der Waals surface area contributed by atoms with Crippen molar-refractivity contribution >= 4 is 5.71 Å². The Kier molecular flexibility index (Phi) is 4.91. The van der Waals surface area contributed by atoms with Crippen molar-refractivity contribution < 1.29 is 0 Å². The number of hydrogen-bond acceptors (Lipinski definition) is 4. The molecule has 146 valence electrons. The average Bonchev–Trinajstić information content (AvgIpc) is 3.09. The molecule has 4 heteroatoms. The molecule has 0 radical (unpaired) electrons. The molecule has 3 aliphatic rings. The van der Waals surface area contributed by atoms with Crippen LogP contribution in [0.3, 0.4) is 0 Å². The van der Waals surface area contributed by atoms with Crippen LogP contribution in [0.2, 0.25) is 0 Å². The molecule has 0 bridgehead atoms. The van der Waals surface area contributed by atoms with E-state index in [1.165, 1.54) is 29.7 Å². The maximum Gasteiger partial charge on any atom is 0.0666 e. The molecule has 0 saturated carbocycles. The van der Waals surface area contributed by atoms with Gasteiger partial charge in [-0.25, -0.2) is 0 Å². The standard InChI is InChI=1S/C24H30N4/c1-3-7-20(8-4-1)17-27-15-12-24(13-16-27)22-19-28(14-11-23(22)25-26-24)18-21-9-5-2-6-10-21/h1-10,22,26H,11-19H2/t22-/m0/s1. The van der Waals surface area contributed by atoms with Crippen molar-refractivity contribution in [2.75, 3.05) is 26.2 Å². The maximum absolute atomic E-state index is 4.81. The highest BCUT2D eigenvalue weighted by Crippen LogP contribution is 2.38. The summed E-state index contributed by atoms with van der Waals surface area (Å²) in [6.45, 7) is 6.69. The first-order chi connectivity index (χ1) is 13.8. The zero-order valence-electron chi connectivity index (χ0n) is 16.6. The number of nitrogens with one attached hydrogen (secondary N) is 1. The molecular weight excluding hydrogens is 344 g/mol. The van der Waals surface area contributed by atoms with Gasteiger partial charge in [0.15, 0.2) is 0 Å². The van der Waals surface area contributed by atoms with Gasteiger partial charge in [0, 0.05) is 57.3 Å². The van der Waals surface area contributed by atoms with Crippen molar-refractivity contribution in [2.24, 2.45) is 11.0 Å². The van der Waals surface area contributed by atoms with Crippen molar-refractivity contribution in [1.29, 1.82) is 0 Å². The number of piperidine rings is 2. The first kappa shape index (κ1) is 17.9.